The Morgan fingerprint density at radius 1 is 0.900 bits per heavy atom. The van der Waals surface area contributed by atoms with Crippen molar-refractivity contribution in [2.45, 2.75) is 6.04 Å². The molecule has 4 rings (SSSR count). The maximum absolute atomic E-state index is 14.8. The number of carbonyl (C=O) groups excluding carboxylic acids is 2. The van der Waals surface area contributed by atoms with Gasteiger partial charge in [0.1, 0.15) is 11.6 Å². The molecule has 0 aromatic heterocycles. The molecule has 1 N–H and O–H groups in total. The second kappa shape index (κ2) is 7.94. The molecule has 1 amide bonds. The second-order valence-corrected chi connectivity index (χ2v) is 7.47. The van der Waals surface area contributed by atoms with Crippen LogP contribution in [0.2, 0.25) is 10.0 Å². The number of nitrogens with zero attached hydrogens (tertiary/aromatic N) is 1. The fourth-order valence-corrected chi connectivity index (χ4v) is 3.77. The van der Waals surface area contributed by atoms with Crippen LogP contribution in [0.3, 0.4) is 0 Å². The Labute approximate surface area is 181 Å². The highest BCUT2D eigenvalue weighted by Gasteiger charge is 2.47. The van der Waals surface area contributed by atoms with E-state index in [0.717, 1.165) is 4.90 Å². The van der Waals surface area contributed by atoms with E-state index in [1.165, 1.54) is 36.4 Å². The van der Waals surface area contributed by atoms with Crippen molar-refractivity contribution >= 4 is 46.3 Å². The Hall–Kier alpha value is -3.15. The lowest BCUT2D eigenvalue weighted by Gasteiger charge is -2.26. The van der Waals surface area contributed by atoms with Crippen LogP contribution in [-0.2, 0) is 9.59 Å². The van der Waals surface area contributed by atoms with Crippen molar-refractivity contribution in [1.82, 2.24) is 0 Å². The third-order valence-corrected chi connectivity index (χ3v) is 5.61. The smallest absolute Gasteiger partial charge is 0.300 e. The molecule has 1 aliphatic heterocycles. The van der Waals surface area contributed by atoms with Gasteiger partial charge in [0.25, 0.3) is 11.7 Å². The van der Waals surface area contributed by atoms with Crippen molar-refractivity contribution in [3.8, 4) is 0 Å². The van der Waals surface area contributed by atoms with Crippen molar-refractivity contribution in [2.75, 3.05) is 4.90 Å². The third kappa shape index (κ3) is 3.36. The van der Waals surface area contributed by atoms with Gasteiger partial charge < -0.3 is 5.11 Å². The number of hydrogen-bond acceptors (Lipinski definition) is 3. The topological polar surface area (TPSA) is 57.6 Å². The number of amides is 1. The molecule has 1 fully saturated rings. The molecule has 3 aromatic carbocycles. The molecule has 0 spiro atoms. The molecule has 3 aromatic rings. The molecular formula is C23H14Cl2FNO3. The maximum Gasteiger partial charge on any atom is 0.300 e. The Kier molecular flexibility index (Phi) is 5.33. The lowest BCUT2D eigenvalue weighted by Crippen LogP contribution is -2.29. The van der Waals surface area contributed by atoms with Gasteiger partial charge >= 0.3 is 0 Å². The SMILES string of the molecule is O=C1C(=O)N(c2ccc(Cl)c(Cl)c2)C(c2ccccc2F)/C1=C(\O)c1ccccc1. The van der Waals surface area contributed by atoms with Crippen LogP contribution in [0.25, 0.3) is 5.76 Å². The molecule has 1 unspecified atom stereocenters. The summed E-state index contributed by atoms with van der Waals surface area (Å²) in [5, 5.41) is 11.3. The van der Waals surface area contributed by atoms with Gasteiger partial charge in [-0.3, -0.25) is 14.5 Å². The van der Waals surface area contributed by atoms with Crippen molar-refractivity contribution in [3.63, 3.8) is 0 Å². The Morgan fingerprint density at radius 3 is 2.23 bits per heavy atom. The number of Topliss-reactive ketones (excluding diaryl/α,β-unsaturated/α-hetero) is 1. The highest BCUT2D eigenvalue weighted by atomic mass is 35.5. The fraction of sp³-hybridized carbons (Fsp3) is 0.0435. The molecule has 30 heavy (non-hydrogen) atoms. The van der Waals surface area contributed by atoms with Crippen LogP contribution < -0.4 is 4.90 Å². The summed E-state index contributed by atoms with van der Waals surface area (Å²) in [5.74, 6) is -2.83. The number of hydrogen-bond donors (Lipinski definition) is 1. The third-order valence-electron chi connectivity index (χ3n) is 4.87. The Balaban J connectivity index is 1.99. The minimum atomic E-state index is -1.18. The van der Waals surface area contributed by atoms with Crippen LogP contribution in [0.5, 0.6) is 0 Å². The minimum absolute atomic E-state index is 0.0697. The highest BCUT2D eigenvalue weighted by molar-refractivity contribution is 6.52. The van der Waals surface area contributed by atoms with Crippen molar-refractivity contribution in [3.05, 3.63) is 105 Å². The molecular weight excluding hydrogens is 428 g/mol. The second-order valence-electron chi connectivity index (χ2n) is 6.66. The standard InChI is InChI=1S/C23H14Cl2FNO3/c24-16-11-10-14(12-17(16)25)27-20(15-8-4-5-9-18(15)26)19(22(29)23(27)30)21(28)13-6-2-1-3-7-13/h1-12,20,28H/b21-19+. The molecule has 1 heterocycles. The van der Waals surface area contributed by atoms with Gasteiger partial charge in [0.15, 0.2) is 0 Å². The Morgan fingerprint density at radius 2 is 1.57 bits per heavy atom. The molecule has 0 bridgehead atoms. The van der Waals surface area contributed by atoms with E-state index in [1.54, 1.807) is 36.4 Å². The van der Waals surface area contributed by atoms with Crippen LogP contribution in [0.4, 0.5) is 10.1 Å². The average Bonchev–Trinajstić information content (AvgIpc) is 3.01. The molecule has 1 aliphatic rings. The monoisotopic (exact) mass is 441 g/mol. The van der Waals surface area contributed by atoms with Gasteiger partial charge in [-0.05, 0) is 24.3 Å². The summed E-state index contributed by atoms with van der Waals surface area (Å²) in [4.78, 5) is 27.1. The number of aliphatic hydroxyl groups is 1. The first kappa shape index (κ1) is 20.1. The first-order chi connectivity index (χ1) is 14.4. The molecule has 0 radical (unpaired) electrons. The summed E-state index contributed by atoms with van der Waals surface area (Å²) < 4.78 is 14.8. The molecule has 150 valence electrons. The normalized spacial score (nSPS) is 18.1. The van der Waals surface area contributed by atoms with Crippen LogP contribution in [0, 0.1) is 5.82 Å². The van der Waals surface area contributed by atoms with Crippen LogP contribution >= 0.6 is 23.2 Å². The number of aliphatic hydroxyl groups excluding tert-OH is 1. The van der Waals surface area contributed by atoms with Crippen molar-refractivity contribution < 1.29 is 19.1 Å². The van der Waals surface area contributed by atoms with Gasteiger partial charge in [-0.2, -0.15) is 0 Å². The van der Waals surface area contributed by atoms with Gasteiger partial charge in [-0.15, -0.1) is 0 Å². The molecule has 4 nitrogen and oxygen atoms in total. The van der Waals surface area contributed by atoms with E-state index in [0.29, 0.717) is 5.56 Å². The van der Waals surface area contributed by atoms with Crippen LogP contribution in [-0.4, -0.2) is 16.8 Å². The lowest BCUT2D eigenvalue weighted by molar-refractivity contribution is -0.132. The first-order valence-corrected chi connectivity index (χ1v) is 9.71. The number of ketones is 1. The number of rotatable bonds is 3. The summed E-state index contributed by atoms with van der Waals surface area (Å²) >= 11 is 12.1. The van der Waals surface area contributed by atoms with Crippen LogP contribution in [0.1, 0.15) is 17.2 Å². The van der Waals surface area contributed by atoms with E-state index in [4.69, 9.17) is 23.2 Å². The number of halogens is 3. The van der Waals surface area contributed by atoms with E-state index >= 15 is 0 Å². The predicted molar refractivity (Wildman–Crippen MR) is 114 cm³/mol. The average molecular weight is 442 g/mol. The van der Waals surface area contributed by atoms with Gasteiger partial charge in [0.2, 0.25) is 0 Å². The van der Waals surface area contributed by atoms with Crippen molar-refractivity contribution in [1.29, 1.82) is 0 Å². The zero-order chi connectivity index (χ0) is 21.4. The van der Waals surface area contributed by atoms with E-state index in [9.17, 15) is 19.1 Å². The van der Waals surface area contributed by atoms with E-state index in [2.05, 4.69) is 0 Å². The molecule has 0 aliphatic carbocycles. The predicted octanol–water partition coefficient (Wildman–Crippen LogP) is 5.76. The lowest BCUT2D eigenvalue weighted by atomic mass is 9.94. The maximum atomic E-state index is 14.8. The zero-order valence-electron chi connectivity index (χ0n) is 15.4. The minimum Gasteiger partial charge on any atom is -0.507 e. The van der Waals surface area contributed by atoms with Gasteiger partial charge in [-0.1, -0.05) is 71.7 Å². The van der Waals surface area contributed by atoms with E-state index in [1.807, 2.05) is 0 Å². The largest absolute Gasteiger partial charge is 0.507 e. The Bertz CT molecular complexity index is 1190. The molecule has 7 heteroatoms. The number of anilines is 1. The van der Waals surface area contributed by atoms with Crippen LogP contribution in [0.15, 0.2) is 78.4 Å². The van der Waals surface area contributed by atoms with Gasteiger partial charge in [-0.25, -0.2) is 4.39 Å². The van der Waals surface area contributed by atoms with Crippen molar-refractivity contribution in [2.24, 2.45) is 0 Å². The van der Waals surface area contributed by atoms with E-state index in [-0.39, 0.29) is 32.6 Å². The summed E-state index contributed by atoms with van der Waals surface area (Å²) in [7, 11) is 0. The summed E-state index contributed by atoms with van der Waals surface area (Å²) in [6.45, 7) is 0. The summed E-state index contributed by atoms with van der Waals surface area (Å²) in [6, 6.07) is 17.3. The number of benzene rings is 3. The summed E-state index contributed by atoms with van der Waals surface area (Å²) in [5.41, 5.74) is 0.459. The van der Waals surface area contributed by atoms with Gasteiger partial charge in [0.05, 0.1) is 21.7 Å². The molecule has 1 saturated heterocycles. The summed E-state index contributed by atoms with van der Waals surface area (Å²) in [6.07, 6.45) is 0. The number of carbonyl (C=O) groups is 2. The van der Waals surface area contributed by atoms with Gasteiger partial charge in [0, 0.05) is 16.8 Å². The molecule has 0 saturated carbocycles. The zero-order valence-corrected chi connectivity index (χ0v) is 16.9. The fourth-order valence-electron chi connectivity index (χ4n) is 3.48. The molecule has 1 atom stereocenters. The highest BCUT2D eigenvalue weighted by Crippen LogP contribution is 2.43. The van der Waals surface area contributed by atoms with E-state index < -0.39 is 23.5 Å². The first-order valence-electron chi connectivity index (χ1n) is 8.96. The quantitative estimate of drug-likeness (QED) is 0.319.